The van der Waals surface area contributed by atoms with Crippen LogP contribution in [0.25, 0.3) is 10.6 Å². The van der Waals surface area contributed by atoms with E-state index < -0.39 is 0 Å². The largest absolute Gasteiger partial charge is 0.368 e. The average Bonchev–Trinajstić information content (AvgIpc) is 3.10. The van der Waals surface area contributed by atoms with Gasteiger partial charge in [0.05, 0.1) is 5.69 Å². The molecule has 0 unspecified atom stereocenters. The number of anilines is 1. The number of hydrogen-bond donors (Lipinski definition) is 0. The zero-order valence-electron chi connectivity index (χ0n) is 15.4. The Labute approximate surface area is 166 Å². The van der Waals surface area contributed by atoms with Crippen LogP contribution < -0.4 is 4.90 Å². The number of nitrogens with zero attached hydrogens (tertiary/aromatic N) is 3. The summed E-state index contributed by atoms with van der Waals surface area (Å²) in [4.78, 5) is 22.1. The summed E-state index contributed by atoms with van der Waals surface area (Å²) in [5, 5.41) is 0.714. The summed E-state index contributed by atoms with van der Waals surface area (Å²) in [5.74, 6) is -0.579. The van der Waals surface area contributed by atoms with Crippen molar-refractivity contribution in [2.24, 2.45) is 0 Å². The second-order valence-electron chi connectivity index (χ2n) is 6.70. The molecule has 0 saturated carbocycles. The van der Waals surface area contributed by atoms with Gasteiger partial charge in [-0.05, 0) is 55.5 Å². The fraction of sp³-hybridized carbons (Fsp3) is 0.238. The quantitative estimate of drug-likeness (QED) is 0.657. The molecule has 2 heterocycles. The molecule has 144 valence electrons. The molecule has 0 aliphatic carbocycles. The molecule has 2 aromatic carbocycles. The smallest absolute Gasteiger partial charge is 0.265 e. The Bertz CT molecular complexity index is 978. The predicted molar refractivity (Wildman–Crippen MR) is 107 cm³/mol. The molecule has 7 heteroatoms. The summed E-state index contributed by atoms with van der Waals surface area (Å²) in [5.41, 5.74) is 2.45. The van der Waals surface area contributed by atoms with Crippen LogP contribution in [0.4, 0.5) is 14.5 Å². The SMILES string of the molecule is Cc1nc(-c2ccc(F)cc2)sc1C(=O)N1CCN(c2ccc(F)cc2)CC1. The van der Waals surface area contributed by atoms with E-state index >= 15 is 0 Å². The molecule has 1 aliphatic rings. The van der Waals surface area contributed by atoms with E-state index in [1.165, 1.54) is 35.6 Å². The van der Waals surface area contributed by atoms with Crippen LogP contribution >= 0.6 is 11.3 Å². The fourth-order valence-electron chi connectivity index (χ4n) is 3.27. The Morgan fingerprint density at radius 3 is 2.11 bits per heavy atom. The first-order chi connectivity index (χ1) is 13.5. The van der Waals surface area contributed by atoms with Crippen molar-refractivity contribution in [3.63, 3.8) is 0 Å². The summed E-state index contributed by atoms with van der Waals surface area (Å²) >= 11 is 1.34. The molecule has 0 atom stereocenters. The van der Waals surface area contributed by atoms with Gasteiger partial charge in [0.1, 0.15) is 21.5 Å². The van der Waals surface area contributed by atoms with Gasteiger partial charge < -0.3 is 9.80 Å². The molecule has 4 rings (SSSR count). The van der Waals surface area contributed by atoms with Gasteiger partial charge in [-0.15, -0.1) is 11.3 Å². The highest BCUT2D eigenvalue weighted by Gasteiger charge is 2.25. The van der Waals surface area contributed by atoms with Crippen LogP contribution in [-0.4, -0.2) is 42.0 Å². The number of rotatable bonds is 3. The van der Waals surface area contributed by atoms with Crippen LogP contribution in [0.15, 0.2) is 48.5 Å². The molecule has 0 spiro atoms. The van der Waals surface area contributed by atoms with Crippen molar-refractivity contribution in [1.29, 1.82) is 0 Å². The van der Waals surface area contributed by atoms with Crippen molar-refractivity contribution in [3.8, 4) is 10.6 Å². The third kappa shape index (κ3) is 3.75. The number of piperazine rings is 1. The van der Waals surface area contributed by atoms with Crippen LogP contribution in [0.1, 0.15) is 15.4 Å². The molecule has 1 fully saturated rings. The Kier molecular flexibility index (Phi) is 5.09. The number of amides is 1. The van der Waals surface area contributed by atoms with Crippen LogP contribution in [0, 0.1) is 18.6 Å². The lowest BCUT2D eigenvalue weighted by Gasteiger charge is -2.36. The average molecular weight is 399 g/mol. The lowest BCUT2D eigenvalue weighted by Crippen LogP contribution is -2.48. The maximum atomic E-state index is 13.1. The van der Waals surface area contributed by atoms with Crippen molar-refractivity contribution in [2.75, 3.05) is 31.1 Å². The van der Waals surface area contributed by atoms with Crippen molar-refractivity contribution >= 4 is 22.9 Å². The maximum absolute atomic E-state index is 13.1. The Morgan fingerprint density at radius 2 is 1.50 bits per heavy atom. The van der Waals surface area contributed by atoms with Gasteiger partial charge in [0.2, 0.25) is 0 Å². The van der Waals surface area contributed by atoms with Crippen molar-refractivity contribution in [3.05, 3.63) is 70.7 Å². The number of thiazole rings is 1. The predicted octanol–water partition coefficient (Wildman–Crippen LogP) is 4.36. The van der Waals surface area contributed by atoms with Gasteiger partial charge in [-0.3, -0.25) is 4.79 Å². The summed E-state index contributed by atoms with van der Waals surface area (Å²) in [6.07, 6.45) is 0. The first-order valence-electron chi connectivity index (χ1n) is 9.04. The van der Waals surface area contributed by atoms with Crippen molar-refractivity contribution in [2.45, 2.75) is 6.92 Å². The molecule has 0 N–H and O–H groups in total. The highest BCUT2D eigenvalue weighted by Crippen LogP contribution is 2.29. The Morgan fingerprint density at radius 1 is 0.929 bits per heavy atom. The van der Waals surface area contributed by atoms with E-state index in [4.69, 9.17) is 0 Å². The first kappa shape index (κ1) is 18.6. The van der Waals surface area contributed by atoms with Crippen LogP contribution in [0.3, 0.4) is 0 Å². The van der Waals surface area contributed by atoms with Gasteiger partial charge >= 0.3 is 0 Å². The monoisotopic (exact) mass is 399 g/mol. The van der Waals surface area contributed by atoms with E-state index in [2.05, 4.69) is 9.88 Å². The molecule has 1 saturated heterocycles. The zero-order valence-corrected chi connectivity index (χ0v) is 16.2. The van der Waals surface area contributed by atoms with Gasteiger partial charge in [0, 0.05) is 37.4 Å². The maximum Gasteiger partial charge on any atom is 0.265 e. The third-order valence-electron chi connectivity index (χ3n) is 4.84. The van der Waals surface area contributed by atoms with Crippen LogP contribution in [0.5, 0.6) is 0 Å². The van der Waals surface area contributed by atoms with E-state index in [1.807, 2.05) is 11.8 Å². The fourth-order valence-corrected chi connectivity index (χ4v) is 4.31. The number of carbonyl (C=O) groups is 1. The van der Waals surface area contributed by atoms with Crippen molar-refractivity contribution < 1.29 is 13.6 Å². The van der Waals surface area contributed by atoms with E-state index in [0.29, 0.717) is 41.8 Å². The van der Waals surface area contributed by atoms with E-state index in [0.717, 1.165) is 11.3 Å². The summed E-state index contributed by atoms with van der Waals surface area (Å²) in [6.45, 7) is 4.41. The van der Waals surface area contributed by atoms with Crippen LogP contribution in [0.2, 0.25) is 0 Å². The van der Waals surface area contributed by atoms with Gasteiger partial charge in [-0.2, -0.15) is 0 Å². The van der Waals surface area contributed by atoms with Gasteiger partial charge in [-0.25, -0.2) is 13.8 Å². The lowest BCUT2D eigenvalue weighted by molar-refractivity contribution is 0.0750. The number of carbonyl (C=O) groups excluding carboxylic acids is 1. The Hall–Kier alpha value is -2.80. The molecule has 4 nitrogen and oxygen atoms in total. The van der Waals surface area contributed by atoms with E-state index in [9.17, 15) is 13.6 Å². The minimum Gasteiger partial charge on any atom is -0.368 e. The van der Waals surface area contributed by atoms with Crippen molar-refractivity contribution in [1.82, 2.24) is 9.88 Å². The summed E-state index contributed by atoms with van der Waals surface area (Å²) in [7, 11) is 0. The Balaban J connectivity index is 1.45. The molecular weight excluding hydrogens is 380 g/mol. The number of benzene rings is 2. The molecular formula is C21H19F2N3OS. The minimum atomic E-state index is -0.299. The number of halogens is 2. The van der Waals surface area contributed by atoms with Gasteiger partial charge in [0.15, 0.2) is 0 Å². The van der Waals surface area contributed by atoms with Gasteiger partial charge in [-0.1, -0.05) is 0 Å². The molecule has 1 aliphatic heterocycles. The van der Waals surface area contributed by atoms with Crippen LogP contribution in [-0.2, 0) is 0 Å². The second-order valence-corrected chi connectivity index (χ2v) is 7.70. The first-order valence-corrected chi connectivity index (χ1v) is 9.86. The topological polar surface area (TPSA) is 36.4 Å². The molecule has 1 aromatic heterocycles. The minimum absolute atomic E-state index is 0.0258. The van der Waals surface area contributed by atoms with E-state index in [-0.39, 0.29) is 17.5 Å². The highest BCUT2D eigenvalue weighted by molar-refractivity contribution is 7.17. The second kappa shape index (κ2) is 7.67. The molecule has 28 heavy (non-hydrogen) atoms. The summed E-state index contributed by atoms with van der Waals surface area (Å²) in [6, 6.07) is 12.5. The third-order valence-corrected chi connectivity index (χ3v) is 6.04. The zero-order chi connectivity index (χ0) is 19.7. The summed E-state index contributed by atoms with van der Waals surface area (Å²) < 4.78 is 26.2. The number of aromatic nitrogens is 1. The lowest BCUT2D eigenvalue weighted by atomic mass is 10.2. The molecule has 0 radical (unpaired) electrons. The molecule has 3 aromatic rings. The highest BCUT2D eigenvalue weighted by atomic mass is 32.1. The standard InChI is InChI=1S/C21H19F2N3OS/c1-14-19(28-20(24-14)15-2-4-16(22)5-3-15)21(27)26-12-10-25(11-13-26)18-8-6-17(23)7-9-18/h2-9H,10-13H2,1H3. The normalized spacial score (nSPS) is 14.4. The van der Waals surface area contributed by atoms with Gasteiger partial charge in [0.25, 0.3) is 5.91 Å². The van der Waals surface area contributed by atoms with E-state index in [1.54, 1.807) is 24.3 Å². The molecule has 0 bridgehead atoms. The molecule has 1 amide bonds. The number of aryl methyl sites for hydroxylation is 1. The number of hydrogen-bond acceptors (Lipinski definition) is 4.